The first-order valence-corrected chi connectivity index (χ1v) is 13.5. The standard InChI is InChI=1S/C28H34N4O10/c1-9-7-13(9)42-30-8-14(33)31-12-6-5-11-10(2)15-17(22(35)16(11)21(12)34)25(38)28(41)19(23(15)36)20(32(3)4)24(37)18(26(28)39)27(29)40/h5-6,9-10,13,15,19-20,23,30,34-36,39,41H,7-8H2,1-4H3,(H2,29,40)(H,31,33)/t9?,10?,13?,15?,19?,20-,23?,28?/m0/s1. The summed E-state index contributed by atoms with van der Waals surface area (Å²) < 4.78 is 0. The summed E-state index contributed by atoms with van der Waals surface area (Å²) in [5, 5.41) is 59.3. The van der Waals surface area contributed by atoms with Gasteiger partial charge in [0.05, 0.1) is 35.4 Å². The van der Waals surface area contributed by atoms with Crippen LogP contribution < -0.4 is 16.5 Å². The minimum absolute atomic E-state index is 0.0226. The number of hydrogen-bond donors (Lipinski definition) is 8. The number of nitrogens with zero attached hydrogens (tertiary/aromatic N) is 1. The van der Waals surface area contributed by atoms with E-state index in [0.717, 1.165) is 6.42 Å². The molecule has 0 heterocycles. The number of anilines is 1. The van der Waals surface area contributed by atoms with Gasteiger partial charge in [0.2, 0.25) is 11.7 Å². The summed E-state index contributed by atoms with van der Waals surface area (Å²) in [7, 11) is 2.87. The lowest BCUT2D eigenvalue weighted by Gasteiger charge is -2.53. The van der Waals surface area contributed by atoms with Crippen molar-refractivity contribution in [2.45, 2.75) is 50.0 Å². The van der Waals surface area contributed by atoms with Crippen molar-refractivity contribution in [2.24, 2.45) is 23.5 Å². The molecule has 5 rings (SSSR count). The van der Waals surface area contributed by atoms with Crippen LogP contribution >= 0.6 is 0 Å². The highest BCUT2D eigenvalue weighted by atomic mass is 16.7. The van der Waals surface area contributed by atoms with Crippen LogP contribution in [0, 0.1) is 17.8 Å². The lowest BCUT2D eigenvalue weighted by atomic mass is 9.54. The summed E-state index contributed by atoms with van der Waals surface area (Å²) in [5.74, 6) is -10.1. The Kier molecular flexibility index (Phi) is 7.18. The quantitative estimate of drug-likeness (QED) is 0.113. The van der Waals surface area contributed by atoms with E-state index < -0.39 is 87.3 Å². The lowest BCUT2D eigenvalue weighted by Crippen LogP contribution is -2.70. The molecule has 0 radical (unpaired) electrons. The van der Waals surface area contributed by atoms with Crippen LogP contribution in [0.5, 0.6) is 5.75 Å². The Labute approximate surface area is 240 Å². The highest BCUT2D eigenvalue weighted by Gasteiger charge is 2.68. The molecule has 42 heavy (non-hydrogen) atoms. The Balaban J connectivity index is 1.57. The van der Waals surface area contributed by atoms with Gasteiger partial charge in [0.25, 0.3) is 5.91 Å². The number of aromatic hydroxyl groups is 1. The first-order chi connectivity index (χ1) is 19.6. The molecule has 8 atom stereocenters. The van der Waals surface area contributed by atoms with Crippen LogP contribution in [0.25, 0.3) is 5.76 Å². The number of phenols is 1. The van der Waals surface area contributed by atoms with Crippen LogP contribution in [0.4, 0.5) is 5.69 Å². The third kappa shape index (κ3) is 4.21. The highest BCUT2D eigenvalue weighted by Crippen LogP contribution is 2.56. The second-order valence-electron chi connectivity index (χ2n) is 11.7. The minimum atomic E-state index is -3.00. The molecule has 0 bridgehead atoms. The Bertz CT molecular complexity index is 1470. The van der Waals surface area contributed by atoms with Crippen molar-refractivity contribution in [3.8, 4) is 5.75 Å². The Morgan fingerprint density at radius 3 is 2.38 bits per heavy atom. The third-order valence-corrected chi connectivity index (χ3v) is 8.91. The summed E-state index contributed by atoms with van der Waals surface area (Å²) >= 11 is 0. The Hall–Kier alpha value is -3.82. The molecule has 0 aromatic heterocycles. The van der Waals surface area contributed by atoms with Gasteiger partial charge in [-0.2, -0.15) is 5.48 Å². The van der Waals surface area contributed by atoms with Gasteiger partial charge in [0, 0.05) is 11.5 Å². The first-order valence-electron chi connectivity index (χ1n) is 13.5. The van der Waals surface area contributed by atoms with Crippen LogP contribution in [0.1, 0.15) is 37.3 Å². The molecule has 0 spiro atoms. The summed E-state index contributed by atoms with van der Waals surface area (Å²) in [6.45, 7) is 3.39. The van der Waals surface area contributed by atoms with Crippen molar-refractivity contribution in [1.29, 1.82) is 0 Å². The number of nitrogens with two attached hydrogens (primary N) is 1. The third-order valence-electron chi connectivity index (χ3n) is 8.91. The Morgan fingerprint density at radius 2 is 1.81 bits per heavy atom. The number of carbonyl (C=O) groups is 4. The van der Waals surface area contributed by atoms with Gasteiger partial charge in [-0.3, -0.25) is 28.9 Å². The molecular formula is C28H34N4O10. The number of primary amides is 1. The van der Waals surface area contributed by atoms with Crippen LogP contribution in [-0.2, 0) is 24.0 Å². The maximum atomic E-state index is 14.0. The Morgan fingerprint density at radius 1 is 1.17 bits per heavy atom. The van der Waals surface area contributed by atoms with Gasteiger partial charge >= 0.3 is 0 Å². The first kappa shape index (κ1) is 29.7. The molecule has 2 amide bonds. The monoisotopic (exact) mass is 586 g/mol. The van der Waals surface area contributed by atoms with E-state index >= 15 is 0 Å². The van der Waals surface area contributed by atoms with Gasteiger partial charge in [-0.25, -0.2) is 0 Å². The predicted octanol–water partition coefficient (Wildman–Crippen LogP) is -0.636. The number of carbonyl (C=O) groups excluding carboxylic acids is 4. The smallest absolute Gasteiger partial charge is 0.255 e. The summed E-state index contributed by atoms with van der Waals surface area (Å²) in [6.07, 6.45) is -0.794. The number of ketones is 2. The summed E-state index contributed by atoms with van der Waals surface area (Å²) in [5.41, 5.74) is 3.38. The maximum absolute atomic E-state index is 14.0. The van der Waals surface area contributed by atoms with E-state index in [0.29, 0.717) is 11.5 Å². The molecule has 7 unspecified atom stereocenters. The molecular weight excluding hydrogens is 552 g/mol. The van der Waals surface area contributed by atoms with Crippen molar-refractivity contribution in [3.05, 3.63) is 40.2 Å². The number of Topliss-reactive ketones (excluding diaryl/α,β-unsaturated/α-hetero) is 2. The van der Waals surface area contributed by atoms with Gasteiger partial charge in [-0.1, -0.05) is 19.9 Å². The van der Waals surface area contributed by atoms with Gasteiger partial charge in [0.1, 0.15) is 29.4 Å². The largest absolute Gasteiger partial charge is 0.508 e. The van der Waals surface area contributed by atoms with Crippen molar-refractivity contribution in [2.75, 3.05) is 26.0 Å². The number of hydroxylamine groups is 1. The van der Waals surface area contributed by atoms with Crippen molar-refractivity contribution in [3.63, 3.8) is 0 Å². The van der Waals surface area contributed by atoms with Gasteiger partial charge in [-0.05, 0) is 44.0 Å². The minimum Gasteiger partial charge on any atom is -0.508 e. The number of phenolic OH excluding ortho intramolecular Hbond substituents is 1. The van der Waals surface area contributed by atoms with Crippen LogP contribution in [0.3, 0.4) is 0 Å². The average molecular weight is 587 g/mol. The van der Waals surface area contributed by atoms with E-state index in [2.05, 4.69) is 10.8 Å². The lowest BCUT2D eigenvalue weighted by molar-refractivity contribution is -0.169. The van der Waals surface area contributed by atoms with Gasteiger partial charge < -0.3 is 36.6 Å². The number of benzene rings is 1. The topological polar surface area (TPSA) is 232 Å². The van der Waals surface area contributed by atoms with Crippen molar-refractivity contribution in [1.82, 2.24) is 10.4 Å². The maximum Gasteiger partial charge on any atom is 0.255 e. The fourth-order valence-electron chi connectivity index (χ4n) is 6.58. The number of amides is 2. The van der Waals surface area contributed by atoms with Crippen molar-refractivity contribution < 1.29 is 49.5 Å². The van der Waals surface area contributed by atoms with Gasteiger partial charge in [-0.15, -0.1) is 0 Å². The normalized spacial score (nSPS) is 33.7. The molecule has 4 aliphatic carbocycles. The summed E-state index contributed by atoms with van der Waals surface area (Å²) in [4.78, 5) is 58.5. The van der Waals surface area contributed by atoms with E-state index in [4.69, 9.17) is 10.6 Å². The van der Waals surface area contributed by atoms with E-state index in [1.54, 1.807) is 6.92 Å². The summed E-state index contributed by atoms with van der Waals surface area (Å²) in [6, 6.07) is 1.48. The number of aliphatic hydroxyl groups excluding tert-OH is 3. The number of hydrogen-bond acceptors (Lipinski definition) is 12. The van der Waals surface area contributed by atoms with Gasteiger partial charge in [0.15, 0.2) is 11.4 Å². The molecule has 4 aliphatic rings. The van der Waals surface area contributed by atoms with E-state index in [-0.39, 0.29) is 23.9 Å². The SMILES string of the molecule is CC1CC1ONCC(=O)Nc1ccc2c(c1O)C(O)=C1C(=O)C3(O)C(O)=C(C(N)=O)C(=O)[C@@H](N(C)C)C3C(O)C1C2C. The van der Waals surface area contributed by atoms with Crippen LogP contribution in [-0.4, -0.2) is 98.3 Å². The number of fused-ring (bicyclic) bond motifs is 3. The molecule has 0 saturated heterocycles. The number of rotatable bonds is 7. The molecule has 0 aliphatic heterocycles. The highest BCUT2D eigenvalue weighted by molar-refractivity contribution is 6.24. The zero-order valence-corrected chi connectivity index (χ0v) is 23.4. The molecule has 1 aromatic carbocycles. The van der Waals surface area contributed by atoms with Crippen LogP contribution in [0.2, 0.25) is 0 Å². The number of aliphatic hydroxyl groups is 4. The molecule has 14 nitrogen and oxygen atoms in total. The molecule has 226 valence electrons. The van der Waals surface area contributed by atoms with Crippen molar-refractivity contribution >= 4 is 34.8 Å². The van der Waals surface area contributed by atoms with E-state index in [9.17, 15) is 44.7 Å². The zero-order valence-electron chi connectivity index (χ0n) is 23.4. The fraction of sp³-hybridized carbons (Fsp3) is 0.500. The number of nitrogens with one attached hydrogen (secondary N) is 2. The van der Waals surface area contributed by atoms with E-state index in [1.165, 1.54) is 31.1 Å². The van der Waals surface area contributed by atoms with E-state index in [1.807, 2.05) is 6.92 Å². The molecule has 2 fully saturated rings. The predicted molar refractivity (Wildman–Crippen MR) is 146 cm³/mol. The fourth-order valence-corrected chi connectivity index (χ4v) is 6.58. The average Bonchev–Trinajstić information content (AvgIpc) is 3.61. The molecule has 2 saturated carbocycles. The molecule has 1 aromatic rings. The second-order valence-corrected chi connectivity index (χ2v) is 11.7. The zero-order chi connectivity index (χ0) is 31.0. The second kappa shape index (κ2) is 10.2. The molecule has 14 heteroatoms. The number of likely N-dealkylation sites (N-methyl/N-ethyl adjacent to an activating group) is 1. The molecule has 9 N–H and O–H groups in total. The van der Waals surface area contributed by atoms with Crippen LogP contribution in [0.15, 0.2) is 29.0 Å².